The van der Waals surface area contributed by atoms with Gasteiger partial charge in [0.1, 0.15) is 11.4 Å². The van der Waals surface area contributed by atoms with Gasteiger partial charge in [-0.3, -0.25) is 5.84 Å². The lowest BCUT2D eigenvalue weighted by molar-refractivity contribution is 0.0909. The number of nitrogens with two attached hydrogens (primary N) is 1. The molecule has 0 radical (unpaired) electrons. The quantitative estimate of drug-likeness (QED) is 0.716. The summed E-state index contributed by atoms with van der Waals surface area (Å²) in [7, 11) is -0.391. The maximum absolute atomic E-state index is 12.9. The van der Waals surface area contributed by atoms with E-state index in [0.717, 1.165) is 42.7 Å². The van der Waals surface area contributed by atoms with Gasteiger partial charge in [-0.1, -0.05) is 30.3 Å². The van der Waals surface area contributed by atoms with Gasteiger partial charge in [-0.2, -0.15) is 0 Å². The van der Waals surface area contributed by atoms with Crippen molar-refractivity contribution in [1.29, 1.82) is 0 Å². The average Bonchev–Trinajstić information content (AvgIpc) is 3.03. The molecule has 0 aliphatic carbocycles. The molecule has 0 unspecified atom stereocenters. The van der Waals surface area contributed by atoms with E-state index in [1.807, 2.05) is 43.1 Å². The fourth-order valence-corrected chi connectivity index (χ4v) is 5.99. The van der Waals surface area contributed by atoms with Crippen molar-refractivity contribution < 1.29 is 13.2 Å². The molecular formula is C24H33N3O3S. The molecule has 7 heteroatoms. The van der Waals surface area contributed by atoms with Crippen LogP contribution in [0.5, 0.6) is 5.75 Å². The molecule has 0 aromatic heterocycles. The van der Waals surface area contributed by atoms with Crippen molar-refractivity contribution >= 4 is 10.0 Å². The molecule has 0 saturated carbocycles. The largest absolute Gasteiger partial charge is 0.487 e. The van der Waals surface area contributed by atoms with Crippen LogP contribution in [0.1, 0.15) is 49.4 Å². The second-order valence-electron chi connectivity index (χ2n) is 9.60. The predicted octanol–water partition coefficient (Wildman–Crippen LogP) is 3.52. The van der Waals surface area contributed by atoms with E-state index in [0.29, 0.717) is 11.3 Å². The van der Waals surface area contributed by atoms with Gasteiger partial charge in [0.25, 0.3) is 0 Å². The van der Waals surface area contributed by atoms with Gasteiger partial charge >= 0.3 is 0 Å². The fraction of sp³-hybridized carbons (Fsp3) is 0.500. The summed E-state index contributed by atoms with van der Waals surface area (Å²) in [5.74, 6) is 7.57. The van der Waals surface area contributed by atoms with Crippen molar-refractivity contribution in [2.24, 2.45) is 11.8 Å². The molecule has 2 atom stereocenters. The Kier molecular flexibility index (Phi) is 5.89. The zero-order valence-electron chi connectivity index (χ0n) is 18.8. The van der Waals surface area contributed by atoms with Crippen molar-refractivity contribution in [2.45, 2.75) is 56.1 Å². The monoisotopic (exact) mass is 443 g/mol. The number of hydrogen-bond donors (Lipinski definition) is 1. The van der Waals surface area contributed by atoms with Gasteiger partial charge in [-0.25, -0.2) is 17.7 Å². The normalized spacial score (nSPS) is 23.5. The Morgan fingerprint density at radius 3 is 2.58 bits per heavy atom. The van der Waals surface area contributed by atoms with Gasteiger partial charge in [0.15, 0.2) is 0 Å². The topological polar surface area (TPSA) is 75.9 Å². The number of piperidine rings is 1. The Morgan fingerprint density at radius 1 is 1.19 bits per heavy atom. The molecule has 2 aliphatic rings. The highest BCUT2D eigenvalue weighted by molar-refractivity contribution is 7.89. The summed E-state index contributed by atoms with van der Waals surface area (Å²) in [6.07, 6.45) is 3.48. The zero-order valence-corrected chi connectivity index (χ0v) is 19.7. The Hall–Kier alpha value is -1.93. The molecule has 31 heavy (non-hydrogen) atoms. The van der Waals surface area contributed by atoms with E-state index in [1.54, 1.807) is 20.2 Å². The SMILES string of the molecule is CN(C)S(=O)(=O)c1cc(C[C@@H]2CCCN(N)[C@@H]2c2ccccc2)c2c(c1)CC(C)(C)O2. The van der Waals surface area contributed by atoms with Crippen LogP contribution in [-0.2, 0) is 22.9 Å². The number of ether oxygens (including phenoxy) is 1. The van der Waals surface area contributed by atoms with E-state index in [1.165, 1.54) is 9.87 Å². The van der Waals surface area contributed by atoms with Gasteiger partial charge in [-0.05, 0) is 67.9 Å². The van der Waals surface area contributed by atoms with E-state index in [4.69, 9.17) is 10.6 Å². The Morgan fingerprint density at radius 2 is 1.90 bits per heavy atom. The molecule has 2 heterocycles. The highest BCUT2D eigenvalue weighted by Gasteiger charge is 2.37. The first-order chi connectivity index (χ1) is 14.6. The first kappa shape index (κ1) is 22.3. The first-order valence-corrected chi connectivity index (χ1v) is 12.4. The highest BCUT2D eigenvalue weighted by atomic mass is 32.2. The molecular weight excluding hydrogens is 410 g/mol. The fourth-order valence-electron chi connectivity index (χ4n) is 4.98. The van der Waals surface area contributed by atoms with Crippen molar-refractivity contribution in [3.8, 4) is 5.75 Å². The number of fused-ring (bicyclic) bond motifs is 1. The summed E-state index contributed by atoms with van der Waals surface area (Å²) in [6.45, 7) is 4.95. The molecule has 1 saturated heterocycles. The minimum absolute atomic E-state index is 0.0918. The maximum Gasteiger partial charge on any atom is 0.242 e. The van der Waals surface area contributed by atoms with Crippen LogP contribution in [0.2, 0.25) is 0 Å². The third-order valence-corrected chi connectivity index (χ3v) is 8.20. The summed E-state index contributed by atoms with van der Waals surface area (Å²) < 4.78 is 33.4. The number of sulfonamides is 1. The van der Waals surface area contributed by atoms with Crippen molar-refractivity contribution in [3.63, 3.8) is 0 Å². The minimum atomic E-state index is -3.53. The average molecular weight is 444 g/mol. The molecule has 4 rings (SSSR count). The van der Waals surface area contributed by atoms with E-state index in [-0.39, 0.29) is 17.6 Å². The molecule has 0 amide bonds. The van der Waals surface area contributed by atoms with Crippen LogP contribution in [0.3, 0.4) is 0 Å². The third kappa shape index (κ3) is 4.37. The van der Waals surface area contributed by atoms with E-state index >= 15 is 0 Å². The lowest BCUT2D eigenvalue weighted by atomic mass is 9.81. The molecule has 0 spiro atoms. The second kappa shape index (κ2) is 8.20. The molecule has 2 aromatic rings. The summed E-state index contributed by atoms with van der Waals surface area (Å²) >= 11 is 0. The molecule has 2 N–H and O–H groups in total. The van der Waals surface area contributed by atoms with E-state index in [2.05, 4.69) is 12.1 Å². The lowest BCUT2D eigenvalue weighted by Crippen LogP contribution is -2.44. The standard InChI is InChI=1S/C24H33N3O3S/c1-24(2)16-20-15-21(31(28,29)26(3)4)14-19(23(20)30-24)13-18-11-8-12-27(25)22(18)17-9-6-5-7-10-17/h5-7,9-10,14-15,18,22H,8,11-13,16,25H2,1-4H3/t18-,22+/m0/s1. The molecule has 2 aliphatic heterocycles. The summed E-state index contributed by atoms with van der Waals surface area (Å²) in [5.41, 5.74) is 2.79. The van der Waals surface area contributed by atoms with Crippen LogP contribution in [0, 0.1) is 5.92 Å². The molecule has 0 bridgehead atoms. The van der Waals surface area contributed by atoms with Crippen LogP contribution in [0.25, 0.3) is 0 Å². The van der Waals surface area contributed by atoms with Crippen LogP contribution in [0.4, 0.5) is 0 Å². The number of hydrogen-bond acceptors (Lipinski definition) is 5. The molecule has 1 fully saturated rings. The van der Waals surface area contributed by atoms with Gasteiger partial charge in [0.05, 0.1) is 10.9 Å². The Labute approximate surface area is 186 Å². The predicted molar refractivity (Wildman–Crippen MR) is 122 cm³/mol. The van der Waals surface area contributed by atoms with Crippen LogP contribution in [-0.4, -0.2) is 44.0 Å². The van der Waals surface area contributed by atoms with E-state index in [9.17, 15) is 8.42 Å². The highest BCUT2D eigenvalue weighted by Crippen LogP contribution is 2.43. The Balaban J connectivity index is 1.76. The van der Waals surface area contributed by atoms with Gasteiger partial charge in [0.2, 0.25) is 10.0 Å². The smallest absolute Gasteiger partial charge is 0.242 e. The molecule has 168 valence electrons. The summed E-state index contributed by atoms with van der Waals surface area (Å²) in [6, 6.07) is 14.0. The molecule has 6 nitrogen and oxygen atoms in total. The number of hydrazine groups is 1. The molecule has 2 aromatic carbocycles. The van der Waals surface area contributed by atoms with Crippen molar-refractivity contribution in [3.05, 3.63) is 59.2 Å². The number of nitrogens with zero attached hydrogens (tertiary/aromatic N) is 2. The van der Waals surface area contributed by atoms with Crippen LogP contribution in [0.15, 0.2) is 47.4 Å². The Bertz CT molecular complexity index is 1050. The number of benzene rings is 2. The lowest BCUT2D eigenvalue weighted by Gasteiger charge is -2.39. The summed E-state index contributed by atoms with van der Waals surface area (Å²) in [4.78, 5) is 0.337. The summed E-state index contributed by atoms with van der Waals surface area (Å²) in [5, 5.41) is 1.94. The first-order valence-electron chi connectivity index (χ1n) is 10.9. The number of rotatable bonds is 5. The van der Waals surface area contributed by atoms with Gasteiger partial charge < -0.3 is 4.74 Å². The van der Waals surface area contributed by atoms with Crippen molar-refractivity contribution in [1.82, 2.24) is 9.31 Å². The third-order valence-electron chi connectivity index (χ3n) is 6.41. The maximum atomic E-state index is 12.9. The van der Waals surface area contributed by atoms with Crippen molar-refractivity contribution in [2.75, 3.05) is 20.6 Å². The van der Waals surface area contributed by atoms with Gasteiger partial charge in [0, 0.05) is 27.1 Å². The minimum Gasteiger partial charge on any atom is -0.487 e. The van der Waals surface area contributed by atoms with Crippen LogP contribution < -0.4 is 10.6 Å². The van der Waals surface area contributed by atoms with Gasteiger partial charge in [-0.15, -0.1) is 0 Å². The van der Waals surface area contributed by atoms with Crippen LogP contribution >= 0.6 is 0 Å². The second-order valence-corrected chi connectivity index (χ2v) is 11.7. The zero-order chi connectivity index (χ0) is 22.4. The van der Waals surface area contributed by atoms with E-state index < -0.39 is 10.0 Å².